The molecule has 1 aromatic carbocycles. The SMILES string of the molecule is CC(=O)O[C@@H]1CC[C@@]2(C)C(=CC[C@H]3[C@H]2CC[C@]2(C)[C@H](C(=O)Nc4ccccc4)CC[C@]32C)C1. The van der Waals surface area contributed by atoms with Gasteiger partial charge in [0.15, 0.2) is 0 Å². The Labute approximate surface area is 198 Å². The first-order chi connectivity index (χ1) is 15.7. The fourth-order valence-electron chi connectivity index (χ4n) is 8.52. The number of ether oxygens (including phenoxy) is 1. The van der Waals surface area contributed by atoms with Crippen molar-refractivity contribution in [1.82, 2.24) is 0 Å². The molecule has 0 aliphatic heterocycles. The van der Waals surface area contributed by atoms with Crippen LogP contribution in [-0.4, -0.2) is 18.0 Å². The van der Waals surface area contributed by atoms with E-state index in [9.17, 15) is 9.59 Å². The molecule has 0 spiro atoms. The summed E-state index contributed by atoms with van der Waals surface area (Å²) in [7, 11) is 0. The van der Waals surface area contributed by atoms with E-state index in [-0.39, 0.29) is 40.1 Å². The number of carbonyl (C=O) groups excluding carboxylic acids is 2. The zero-order valence-corrected chi connectivity index (χ0v) is 20.7. The number of allylic oxidation sites excluding steroid dienone is 1. The first-order valence-corrected chi connectivity index (χ1v) is 12.9. The zero-order chi connectivity index (χ0) is 23.4. The van der Waals surface area contributed by atoms with Crippen LogP contribution in [0.3, 0.4) is 0 Å². The Kier molecular flexibility index (Phi) is 5.49. The van der Waals surface area contributed by atoms with Crippen molar-refractivity contribution in [1.29, 1.82) is 0 Å². The van der Waals surface area contributed by atoms with Gasteiger partial charge in [0.25, 0.3) is 0 Å². The van der Waals surface area contributed by atoms with Gasteiger partial charge in [0, 0.05) is 24.9 Å². The molecule has 5 rings (SSSR count). The van der Waals surface area contributed by atoms with Gasteiger partial charge in [-0.05, 0) is 85.2 Å². The van der Waals surface area contributed by atoms with Gasteiger partial charge in [-0.25, -0.2) is 0 Å². The zero-order valence-electron chi connectivity index (χ0n) is 20.7. The van der Waals surface area contributed by atoms with E-state index >= 15 is 0 Å². The minimum atomic E-state index is -0.162. The lowest BCUT2D eigenvalue weighted by atomic mass is 9.42. The van der Waals surface area contributed by atoms with Gasteiger partial charge in [-0.2, -0.15) is 0 Å². The molecular formula is C29H39NO3. The van der Waals surface area contributed by atoms with Crippen LogP contribution in [0, 0.1) is 34.0 Å². The number of anilines is 1. The van der Waals surface area contributed by atoms with Crippen LogP contribution in [0.15, 0.2) is 42.0 Å². The van der Waals surface area contributed by atoms with Crippen LogP contribution in [0.4, 0.5) is 5.69 Å². The van der Waals surface area contributed by atoms with Gasteiger partial charge >= 0.3 is 5.97 Å². The Balaban J connectivity index is 1.38. The lowest BCUT2D eigenvalue weighted by Gasteiger charge is -2.62. The summed E-state index contributed by atoms with van der Waals surface area (Å²) >= 11 is 0. The number of amides is 1. The van der Waals surface area contributed by atoms with Crippen LogP contribution in [0.2, 0.25) is 0 Å². The molecule has 0 unspecified atom stereocenters. The van der Waals surface area contributed by atoms with Gasteiger partial charge in [-0.15, -0.1) is 0 Å². The first kappa shape index (κ1) is 22.7. The number of benzene rings is 1. The number of hydrogen-bond acceptors (Lipinski definition) is 3. The van der Waals surface area contributed by atoms with Crippen LogP contribution in [-0.2, 0) is 14.3 Å². The van der Waals surface area contributed by atoms with Gasteiger partial charge in [0.2, 0.25) is 5.91 Å². The largest absolute Gasteiger partial charge is 0.462 e. The average molecular weight is 450 g/mol. The number of para-hydroxylation sites is 1. The van der Waals surface area contributed by atoms with Crippen molar-refractivity contribution in [3.05, 3.63) is 42.0 Å². The van der Waals surface area contributed by atoms with E-state index in [1.54, 1.807) is 0 Å². The van der Waals surface area contributed by atoms with E-state index in [2.05, 4.69) is 32.2 Å². The second-order valence-corrected chi connectivity index (χ2v) is 11.9. The summed E-state index contributed by atoms with van der Waals surface area (Å²) in [4.78, 5) is 24.9. The number of carbonyl (C=O) groups is 2. The maximum Gasteiger partial charge on any atom is 0.302 e. The molecule has 0 saturated heterocycles. The van der Waals surface area contributed by atoms with Crippen molar-refractivity contribution >= 4 is 17.6 Å². The molecule has 0 bridgehead atoms. The molecule has 3 fully saturated rings. The summed E-state index contributed by atoms with van der Waals surface area (Å²) < 4.78 is 5.59. The minimum absolute atomic E-state index is 0.0314. The van der Waals surface area contributed by atoms with Crippen LogP contribution < -0.4 is 5.32 Å². The molecule has 4 nitrogen and oxygen atoms in total. The number of esters is 1. The monoisotopic (exact) mass is 449 g/mol. The van der Waals surface area contributed by atoms with Gasteiger partial charge in [-0.3, -0.25) is 9.59 Å². The van der Waals surface area contributed by atoms with E-state index in [1.807, 2.05) is 30.3 Å². The standard InChI is InChI=1S/C29H39NO3/c1-19(31)33-22-12-15-27(2)20(18-22)10-11-24-23(27)13-16-29(4)25(14-17-28(24,29)3)26(32)30-21-8-6-5-7-9-21/h5-10,22-25H,11-18H2,1-4H3,(H,30,32)/t22-,23-,24+,25+,27+,28-,29-/m1/s1. The Bertz CT molecular complexity index is 970. The fourth-order valence-corrected chi connectivity index (χ4v) is 8.52. The highest BCUT2D eigenvalue weighted by Gasteiger charge is 2.65. The lowest BCUT2D eigenvalue weighted by molar-refractivity contribution is -0.150. The third-order valence-corrected chi connectivity index (χ3v) is 10.6. The van der Waals surface area contributed by atoms with E-state index in [1.165, 1.54) is 18.9 Å². The molecule has 4 aliphatic rings. The molecule has 3 saturated carbocycles. The smallest absolute Gasteiger partial charge is 0.302 e. The van der Waals surface area contributed by atoms with Crippen molar-refractivity contribution < 1.29 is 14.3 Å². The summed E-state index contributed by atoms with van der Waals surface area (Å²) in [6.07, 6.45) is 11.0. The van der Waals surface area contributed by atoms with Gasteiger partial charge in [0.1, 0.15) is 6.10 Å². The molecule has 1 aromatic rings. The lowest BCUT2D eigenvalue weighted by Crippen LogP contribution is -2.56. The summed E-state index contributed by atoms with van der Waals surface area (Å²) in [6.45, 7) is 8.89. The normalized spacial score (nSPS) is 41.8. The predicted octanol–water partition coefficient (Wildman–Crippen LogP) is 6.53. The second-order valence-electron chi connectivity index (χ2n) is 11.9. The maximum absolute atomic E-state index is 13.4. The summed E-state index contributed by atoms with van der Waals surface area (Å²) in [5.41, 5.74) is 2.82. The number of nitrogens with one attached hydrogen (secondary N) is 1. The Hall–Kier alpha value is -2.10. The van der Waals surface area contributed by atoms with Crippen LogP contribution >= 0.6 is 0 Å². The van der Waals surface area contributed by atoms with Crippen molar-refractivity contribution in [2.24, 2.45) is 34.0 Å². The third-order valence-electron chi connectivity index (χ3n) is 10.6. The molecular weight excluding hydrogens is 410 g/mol. The average Bonchev–Trinajstić information content (AvgIpc) is 3.06. The molecule has 0 aromatic heterocycles. The maximum atomic E-state index is 13.4. The number of fused-ring (bicyclic) bond motifs is 5. The van der Waals surface area contributed by atoms with Crippen molar-refractivity contribution in [3.63, 3.8) is 0 Å². The Morgan fingerprint density at radius 3 is 2.39 bits per heavy atom. The highest BCUT2D eigenvalue weighted by Crippen LogP contribution is 2.71. The predicted molar refractivity (Wildman–Crippen MR) is 130 cm³/mol. The molecule has 0 heterocycles. The number of rotatable bonds is 3. The van der Waals surface area contributed by atoms with Gasteiger partial charge < -0.3 is 10.1 Å². The Morgan fingerprint density at radius 2 is 1.67 bits per heavy atom. The summed E-state index contributed by atoms with van der Waals surface area (Å²) in [5, 5.41) is 3.21. The van der Waals surface area contributed by atoms with Crippen molar-refractivity contribution in [2.45, 2.75) is 85.2 Å². The fraction of sp³-hybridized carbons (Fsp3) is 0.655. The van der Waals surface area contributed by atoms with E-state index < -0.39 is 0 Å². The van der Waals surface area contributed by atoms with E-state index in [0.717, 1.165) is 50.6 Å². The summed E-state index contributed by atoms with van der Waals surface area (Å²) in [5.74, 6) is 1.38. The highest BCUT2D eigenvalue weighted by atomic mass is 16.5. The quantitative estimate of drug-likeness (QED) is 0.422. The van der Waals surface area contributed by atoms with E-state index in [4.69, 9.17) is 4.74 Å². The van der Waals surface area contributed by atoms with Crippen LogP contribution in [0.5, 0.6) is 0 Å². The van der Waals surface area contributed by atoms with Crippen molar-refractivity contribution in [2.75, 3.05) is 5.32 Å². The molecule has 178 valence electrons. The molecule has 33 heavy (non-hydrogen) atoms. The second kappa shape index (κ2) is 7.99. The first-order valence-electron chi connectivity index (χ1n) is 12.9. The Morgan fingerprint density at radius 1 is 0.939 bits per heavy atom. The minimum Gasteiger partial charge on any atom is -0.462 e. The molecule has 1 N–H and O–H groups in total. The summed E-state index contributed by atoms with van der Waals surface area (Å²) in [6, 6.07) is 9.89. The number of hydrogen-bond donors (Lipinski definition) is 1. The highest BCUT2D eigenvalue weighted by molar-refractivity contribution is 5.93. The topological polar surface area (TPSA) is 55.4 Å². The molecule has 7 atom stereocenters. The van der Waals surface area contributed by atoms with Crippen LogP contribution in [0.25, 0.3) is 0 Å². The van der Waals surface area contributed by atoms with Crippen LogP contribution in [0.1, 0.15) is 79.1 Å². The van der Waals surface area contributed by atoms with Gasteiger partial charge in [0.05, 0.1) is 0 Å². The molecule has 4 aliphatic carbocycles. The molecule has 1 amide bonds. The third kappa shape index (κ3) is 3.47. The van der Waals surface area contributed by atoms with Gasteiger partial charge in [-0.1, -0.05) is 50.6 Å². The molecule has 4 heteroatoms. The molecule has 0 radical (unpaired) electrons. The van der Waals surface area contributed by atoms with Crippen molar-refractivity contribution in [3.8, 4) is 0 Å². The van der Waals surface area contributed by atoms with E-state index in [0.29, 0.717) is 11.8 Å².